The quantitative estimate of drug-likeness (QED) is 0.655. The van der Waals surface area contributed by atoms with Crippen LogP contribution in [0, 0.1) is 5.82 Å². The van der Waals surface area contributed by atoms with Crippen LogP contribution in [-0.4, -0.2) is 28.9 Å². The number of pyridine rings is 1. The molecule has 28 heavy (non-hydrogen) atoms. The van der Waals surface area contributed by atoms with Crippen molar-refractivity contribution in [3.63, 3.8) is 0 Å². The molecule has 3 aromatic rings. The van der Waals surface area contributed by atoms with E-state index in [1.165, 1.54) is 6.07 Å². The topological polar surface area (TPSA) is 33.2 Å². The summed E-state index contributed by atoms with van der Waals surface area (Å²) in [7, 11) is 0. The highest BCUT2D eigenvalue weighted by Gasteiger charge is 2.25. The van der Waals surface area contributed by atoms with Gasteiger partial charge in [-0.15, -0.1) is 0 Å². The number of benzene rings is 2. The Hall–Kier alpha value is -3.01. The lowest BCUT2D eigenvalue weighted by molar-refractivity contribution is 0.0712. The van der Waals surface area contributed by atoms with Crippen molar-refractivity contribution in [2.45, 2.75) is 25.2 Å². The molecule has 0 unspecified atom stereocenters. The molecular formula is C24H23FN2O. The van der Waals surface area contributed by atoms with E-state index in [-0.39, 0.29) is 11.7 Å². The van der Waals surface area contributed by atoms with Gasteiger partial charge < -0.3 is 4.90 Å². The molecule has 0 saturated carbocycles. The van der Waals surface area contributed by atoms with Gasteiger partial charge in [0.1, 0.15) is 5.82 Å². The summed E-state index contributed by atoms with van der Waals surface area (Å²) in [5, 5.41) is 0. The number of aromatic nitrogens is 1. The first-order chi connectivity index (χ1) is 13.7. The SMILES string of the molecule is O=C(c1ccccc1)N1CCC(c2cccc(Cc3ccccc3F)n2)CC1. The molecule has 1 fully saturated rings. The predicted molar refractivity (Wildman–Crippen MR) is 108 cm³/mol. The number of carbonyl (C=O) groups excluding carboxylic acids is 1. The van der Waals surface area contributed by atoms with Gasteiger partial charge in [-0.05, 0) is 48.7 Å². The van der Waals surface area contributed by atoms with Gasteiger partial charge in [0.25, 0.3) is 5.91 Å². The first-order valence-corrected chi connectivity index (χ1v) is 9.74. The highest BCUT2D eigenvalue weighted by molar-refractivity contribution is 5.94. The molecule has 4 heteroatoms. The molecule has 2 aromatic carbocycles. The summed E-state index contributed by atoms with van der Waals surface area (Å²) in [5.41, 5.74) is 3.33. The minimum absolute atomic E-state index is 0.0975. The van der Waals surface area contributed by atoms with Crippen molar-refractivity contribution in [2.24, 2.45) is 0 Å². The summed E-state index contributed by atoms with van der Waals surface area (Å²) in [4.78, 5) is 19.3. The second kappa shape index (κ2) is 8.34. The second-order valence-corrected chi connectivity index (χ2v) is 7.25. The third kappa shape index (κ3) is 4.11. The highest BCUT2D eigenvalue weighted by atomic mass is 19.1. The van der Waals surface area contributed by atoms with Crippen LogP contribution in [0.1, 0.15) is 46.1 Å². The number of carbonyl (C=O) groups is 1. The van der Waals surface area contributed by atoms with Gasteiger partial charge >= 0.3 is 0 Å². The molecular weight excluding hydrogens is 351 g/mol. The van der Waals surface area contributed by atoms with E-state index in [0.29, 0.717) is 17.9 Å². The van der Waals surface area contributed by atoms with Crippen molar-refractivity contribution in [3.8, 4) is 0 Å². The van der Waals surface area contributed by atoms with Crippen molar-refractivity contribution < 1.29 is 9.18 Å². The van der Waals surface area contributed by atoms with E-state index in [1.54, 1.807) is 12.1 Å². The number of likely N-dealkylation sites (tertiary alicyclic amines) is 1. The Morgan fingerprint density at radius 1 is 0.929 bits per heavy atom. The number of rotatable bonds is 4. The van der Waals surface area contributed by atoms with E-state index in [2.05, 4.69) is 0 Å². The number of nitrogens with zero attached hydrogens (tertiary/aromatic N) is 2. The lowest BCUT2D eigenvalue weighted by Gasteiger charge is -2.32. The monoisotopic (exact) mass is 374 g/mol. The van der Waals surface area contributed by atoms with Gasteiger partial charge in [-0.2, -0.15) is 0 Å². The summed E-state index contributed by atoms with van der Waals surface area (Å²) in [6, 6.07) is 22.3. The largest absolute Gasteiger partial charge is 0.339 e. The Labute approximate surface area is 164 Å². The van der Waals surface area contributed by atoms with E-state index < -0.39 is 0 Å². The summed E-state index contributed by atoms with van der Waals surface area (Å²) >= 11 is 0. The molecule has 3 nitrogen and oxygen atoms in total. The van der Waals surface area contributed by atoms with Crippen LogP contribution in [0.15, 0.2) is 72.8 Å². The van der Waals surface area contributed by atoms with Crippen LogP contribution in [0.4, 0.5) is 4.39 Å². The fraction of sp³-hybridized carbons (Fsp3) is 0.250. The molecule has 0 atom stereocenters. The zero-order valence-corrected chi connectivity index (χ0v) is 15.7. The van der Waals surface area contributed by atoms with Crippen LogP contribution in [0.25, 0.3) is 0 Å². The van der Waals surface area contributed by atoms with Gasteiger partial charge in [0.15, 0.2) is 0 Å². The molecule has 1 amide bonds. The number of piperidine rings is 1. The van der Waals surface area contributed by atoms with Crippen molar-refractivity contribution in [1.82, 2.24) is 9.88 Å². The van der Waals surface area contributed by atoms with Crippen LogP contribution in [0.3, 0.4) is 0 Å². The Morgan fingerprint density at radius 2 is 1.64 bits per heavy atom. The average molecular weight is 374 g/mol. The molecule has 1 aromatic heterocycles. The van der Waals surface area contributed by atoms with Crippen LogP contribution in [-0.2, 0) is 6.42 Å². The Bertz CT molecular complexity index is 950. The minimum Gasteiger partial charge on any atom is -0.339 e. The van der Waals surface area contributed by atoms with E-state index in [9.17, 15) is 9.18 Å². The lowest BCUT2D eigenvalue weighted by Crippen LogP contribution is -2.38. The van der Waals surface area contributed by atoms with Crippen molar-refractivity contribution in [3.05, 3.63) is 101 Å². The summed E-state index contributed by atoms with van der Waals surface area (Å²) in [5.74, 6) is 0.239. The first kappa shape index (κ1) is 18.4. The van der Waals surface area contributed by atoms with E-state index >= 15 is 0 Å². The smallest absolute Gasteiger partial charge is 0.253 e. The maximum absolute atomic E-state index is 13.9. The lowest BCUT2D eigenvalue weighted by atomic mass is 9.92. The number of halogens is 1. The number of hydrogen-bond acceptors (Lipinski definition) is 2. The van der Waals surface area contributed by atoms with Crippen LogP contribution in [0.5, 0.6) is 0 Å². The summed E-state index contributed by atoms with van der Waals surface area (Å²) in [6.07, 6.45) is 2.29. The molecule has 2 heterocycles. The fourth-order valence-electron chi connectivity index (χ4n) is 3.80. The van der Waals surface area contributed by atoms with Crippen molar-refractivity contribution in [1.29, 1.82) is 0 Å². The van der Waals surface area contributed by atoms with Crippen LogP contribution in [0.2, 0.25) is 0 Å². The molecule has 142 valence electrons. The molecule has 0 spiro atoms. The van der Waals surface area contributed by atoms with Gasteiger partial charge in [0.2, 0.25) is 0 Å². The third-order valence-corrected chi connectivity index (χ3v) is 5.38. The zero-order chi connectivity index (χ0) is 19.3. The van der Waals surface area contributed by atoms with Gasteiger partial charge in [0, 0.05) is 42.4 Å². The van der Waals surface area contributed by atoms with E-state index in [1.807, 2.05) is 59.5 Å². The maximum atomic E-state index is 13.9. The molecule has 0 aliphatic carbocycles. The second-order valence-electron chi connectivity index (χ2n) is 7.25. The fourth-order valence-corrected chi connectivity index (χ4v) is 3.80. The van der Waals surface area contributed by atoms with Crippen LogP contribution < -0.4 is 0 Å². The maximum Gasteiger partial charge on any atom is 0.253 e. The highest BCUT2D eigenvalue weighted by Crippen LogP contribution is 2.28. The standard InChI is InChI=1S/C24H23FN2O/c25-22-11-5-4-9-20(22)17-21-10-6-12-23(26-21)18-13-15-27(16-14-18)24(28)19-7-2-1-3-8-19/h1-12,18H,13-17H2. The number of amides is 1. The molecule has 1 aliphatic rings. The molecule has 1 aliphatic heterocycles. The molecule has 0 radical (unpaired) electrons. The Morgan fingerprint density at radius 3 is 2.39 bits per heavy atom. The zero-order valence-electron chi connectivity index (χ0n) is 15.7. The van der Waals surface area contributed by atoms with Crippen molar-refractivity contribution >= 4 is 5.91 Å². The van der Waals surface area contributed by atoms with E-state index in [0.717, 1.165) is 42.9 Å². The summed E-state index contributed by atoms with van der Waals surface area (Å²) in [6.45, 7) is 1.47. The van der Waals surface area contributed by atoms with Gasteiger partial charge in [0.05, 0.1) is 0 Å². The summed E-state index contributed by atoms with van der Waals surface area (Å²) < 4.78 is 13.9. The number of hydrogen-bond donors (Lipinski definition) is 0. The van der Waals surface area contributed by atoms with Gasteiger partial charge in [-0.3, -0.25) is 9.78 Å². The third-order valence-electron chi connectivity index (χ3n) is 5.38. The van der Waals surface area contributed by atoms with Crippen LogP contribution >= 0.6 is 0 Å². The predicted octanol–water partition coefficient (Wildman–Crippen LogP) is 4.83. The molecule has 0 N–H and O–H groups in total. The first-order valence-electron chi connectivity index (χ1n) is 9.74. The van der Waals surface area contributed by atoms with Crippen molar-refractivity contribution in [2.75, 3.05) is 13.1 Å². The Balaban J connectivity index is 1.41. The minimum atomic E-state index is -0.192. The normalized spacial score (nSPS) is 14.8. The Kier molecular flexibility index (Phi) is 5.47. The molecule has 1 saturated heterocycles. The molecule has 4 rings (SSSR count). The average Bonchev–Trinajstić information content (AvgIpc) is 2.76. The van der Waals surface area contributed by atoms with Gasteiger partial charge in [-0.1, -0.05) is 42.5 Å². The van der Waals surface area contributed by atoms with Gasteiger partial charge in [-0.25, -0.2) is 4.39 Å². The molecule has 0 bridgehead atoms. The van der Waals surface area contributed by atoms with E-state index in [4.69, 9.17) is 4.98 Å².